The average molecular weight is 754 g/mol. The lowest BCUT2D eigenvalue weighted by atomic mass is 10.0. The molecule has 6 aromatic carbocycles. The van der Waals surface area contributed by atoms with Crippen LogP contribution in [0.5, 0.6) is 0 Å². The van der Waals surface area contributed by atoms with E-state index in [2.05, 4.69) is 15.9 Å². The molecule has 0 aliphatic heterocycles. The van der Waals surface area contributed by atoms with Crippen LogP contribution in [-0.4, -0.2) is 47.8 Å². The third-order valence-corrected chi connectivity index (χ3v) is 9.14. The SMILES string of the molecule is O=C[C@H](OC(=O)c1ccc(-c2ccccc2)cc1)[C@@H](OC(=O)c1ccc(-c2ccccc2)cc1)[C@H](Br)COC(=O)c1ccc(-c2ccccc2)cc1. The Balaban J connectivity index is 1.17. The van der Waals surface area contributed by atoms with Crippen LogP contribution >= 0.6 is 15.9 Å². The Kier molecular flexibility index (Phi) is 11.8. The van der Waals surface area contributed by atoms with Crippen molar-refractivity contribution >= 4 is 40.1 Å². The monoisotopic (exact) mass is 752 g/mol. The van der Waals surface area contributed by atoms with E-state index in [0.717, 1.165) is 33.4 Å². The summed E-state index contributed by atoms with van der Waals surface area (Å²) in [4.78, 5) is 51.3. The lowest BCUT2D eigenvalue weighted by Crippen LogP contribution is -2.44. The molecule has 0 saturated heterocycles. The molecule has 0 radical (unpaired) electrons. The molecular weight excluding hydrogens is 720 g/mol. The van der Waals surface area contributed by atoms with Crippen molar-refractivity contribution in [1.82, 2.24) is 0 Å². The first-order valence-corrected chi connectivity index (χ1v) is 17.5. The highest BCUT2D eigenvalue weighted by Gasteiger charge is 2.36. The number of aldehydes is 1. The average Bonchev–Trinajstić information content (AvgIpc) is 3.22. The number of halogens is 1. The van der Waals surface area contributed by atoms with Gasteiger partial charge in [0.05, 0.1) is 21.5 Å². The van der Waals surface area contributed by atoms with E-state index in [-0.39, 0.29) is 17.7 Å². The van der Waals surface area contributed by atoms with E-state index in [4.69, 9.17) is 14.2 Å². The van der Waals surface area contributed by atoms with Crippen molar-refractivity contribution in [1.29, 1.82) is 0 Å². The molecule has 0 spiro atoms. The van der Waals surface area contributed by atoms with E-state index in [1.54, 1.807) is 60.7 Å². The van der Waals surface area contributed by atoms with Gasteiger partial charge in [0.15, 0.2) is 18.5 Å². The third kappa shape index (κ3) is 8.96. The molecule has 0 heterocycles. The van der Waals surface area contributed by atoms with Crippen LogP contribution in [0.4, 0.5) is 0 Å². The van der Waals surface area contributed by atoms with Gasteiger partial charge in [-0.1, -0.05) is 143 Å². The number of ether oxygens (including phenoxy) is 3. The van der Waals surface area contributed by atoms with Crippen LogP contribution in [0, 0.1) is 0 Å². The van der Waals surface area contributed by atoms with E-state index < -0.39 is 34.9 Å². The smallest absolute Gasteiger partial charge is 0.338 e. The maximum atomic E-state index is 13.5. The highest BCUT2D eigenvalue weighted by molar-refractivity contribution is 9.09. The molecule has 258 valence electrons. The van der Waals surface area contributed by atoms with Crippen molar-refractivity contribution in [2.75, 3.05) is 6.61 Å². The molecule has 52 heavy (non-hydrogen) atoms. The minimum atomic E-state index is -1.54. The molecule has 0 unspecified atom stereocenters. The molecule has 0 saturated carbocycles. The molecule has 6 rings (SSSR count). The molecule has 3 atom stereocenters. The minimum absolute atomic E-state index is 0.199. The fourth-order valence-corrected chi connectivity index (χ4v) is 6.06. The highest BCUT2D eigenvalue weighted by atomic mass is 79.9. The Morgan fingerprint density at radius 2 is 0.788 bits per heavy atom. The molecule has 7 nitrogen and oxygen atoms in total. The Morgan fingerprint density at radius 3 is 1.15 bits per heavy atom. The van der Waals surface area contributed by atoms with Gasteiger partial charge in [-0.05, 0) is 69.8 Å². The van der Waals surface area contributed by atoms with Gasteiger partial charge in [0, 0.05) is 0 Å². The normalized spacial score (nSPS) is 12.5. The van der Waals surface area contributed by atoms with Crippen molar-refractivity contribution < 1.29 is 33.4 Å². The van der Waals surface area contributed by atoms with Gasteiger partial charge in [0.2, 0.25) is 0 Å². The minimum Gasteiger partial charge on any atom is -0.461 e. The Labute approximate surface area is 309 Å². The molecule has 8 heteroatoms. The number of esters is 3. The maximum absolute atomic E-state index is 13.5. The molecule has 0 fully saturated rings. The van der Waals surface area contributed by atoms with Gasteiger partial charge in [0.1, 0.15) is 6.61 Å². The van der Waals surface area contributed by atoms with Crippen molar-refractivity contribution in [3.8, 4) is 33.4 Å². The Hall–Kier alpha value is -6.12. The molecule has 0 aromatic heterocycles. The Bertz CT molecular complexity index is 2100. The van der Waals surface area contributed by atoms with Crippen LogP contribution in [0.25, 0.3) is 33.4 Å². The summed E-state index contributed by atoms with van der Waals surface area (Å²) in [5, 5.41) is 0. The van der Waals surface area contributed by atoms with Crippen LogP contribution in [-0.2, 0) is 19.0 Å². The first-order chi connectivity index (χ1) is 25.4. The Morgan fingerprint density at radius 1 is 0.462 bits per heavy atom. The zero-order valence-electron chi connectivity index (χ0n) is 27.8. The van der Waals surface area contributed by atoms with Crippen molar-refractivity contribution in [2.24, 2.45) is 0 Å². The van der Waals surface area contributed by atoms with Crippen LogP contribution in [0.15, 0.2) is 164 Å². The van der Waals surface area contributed by atoms with Gasteiger partial charge in [-0.2, -0.15) is 0 Å². The number of hydrogen-bond acceptors (Lipinski definition) is 7. The molecule has 0 amide bonds. The summed E-state index contributed by atoms with van der Waals surface area (Å²) in [5.74, 6) is -2.17. The first kappa shape index (κ1) is 35.7. The van der Waals surface area contributed by atoms with E-state index in [1.165, 1.54) is 0 Å². The van der Waals surface area contributed by atoms with Crippen molar-refractivity contribution in [2.45, 2.75) is 17.0 Å². The number of carbonyl (C=O) groups excluding carboxylic acids is 4. The van der Waals surface area contributed by atoms with Gasteiger partial charge >= 0.3 is 17.9 Å². The lowest BCUT2D eigenvalue weighted by Gasteiger charge is -2.27. The predicted molar refractivity (Wildman–Crippen MR) is 203 cm³/mol. The first-order valence-electron chi connectivity index (χ1n) is 16.5. The quantitative estimate of drug-likeness (QED) is 0.0502. The van der Waals surface area contributed by atoms with Crippen molar-refractivity contribution in [3.05, 3.63) is 180 Å². The van der Waals surface area contributed by atoms with Crippen LogP contribution in [0.1, 0.15) is 31.1 Å². The fourth-order valence-electron chi connectivity index (χ4n) is 5.52. The summed E-state index contributed by atoms with van der Waals surface area (Å²) >= 11 is 3.45. The predicted octanol–water partition coefficient (Wildman–Crippen LogP) is 9.26. The summed E-state index contributed by atoms with van der Waals surface area (Å²) in [6.07, 6.45) is -2.51. The second kappa shape index (κ2) is 17.2. The maximum Gasteiger partial charge on any atom is 0.338 e. The van der Waals surface area contributed by atoms with Gasteiger partial charge in [0.25, 0.3) is 0 Å². The summed E-state index contributed by atoms with van der Waals surface area (Å²) in [6, 6.07) is 49.5. The zero-order valence-corrected chi connectivity index (χ0v) is 29.4. The zero-order chi connectivity index (χ0) is 36.3. The van der Waals surface area contributed by atoms with E-state index in [1.807, 2.05) is 103 Å². The van der Waals surface area contributed by atoms with Gasteiger partial charge in [-0.3, -0.25) is 4.79 Å². The number of carbonyl (C=O) groups is 4. The highest BCUT2D eigenvalue weighted by Crippen LogP contribution is 2.25. The molecule has 0 bridgehead atoms. The van der Waals surface area contributed by atoms with E-state index in [9.17, 15) is 19.2 Å². The van der Waals surface area contributed by atoms with Gasteiger partial charge < -0.3 is 14.2 Å². The van der Waals surface area contributed by atoms with Crippen molar-refractivity contribution in [3.63, 3.8) is 0 Å². The molecule has 0 aliphatic rings. The van der Waals surface area contributed by atoms with Crippen LogP contribution < -0.4 is 0 Å². The van der Waals surface area contributed by atoms with Gasteiger partial charge in [-0.15, -0.1) is 0 Å². The van der Waals surface area contributed by atoms with Crippen LogP contribution in [0.3, 0.4) is 0 Å². The second-order valence-electron chi connectivity index (χ2n) is 11.8. The number of benzene rings is 6. The fraction of sp³-hybridized carbons (Fsp3) is 0.0909. The summed E-state index contributed by atoms with van der Waals surface area (Å²) in [6.45, 7) is -0.308. The summed E-state index contributed by atoms with van der Waals surface area (Å²) in [7, 11) is 0. The van der Waals surface area contributed by atoms with Crippen LogP contribution in [0.2, 0.25) is 0 Å². The van der Waals surface area contributed by atoms with E-state index >= 15 is 0 Å². The van der Waals surface area contributed by atoms with Gasteiger partial charge in [-0.25, -0.2) is 14.4 Å². The summed E-state index contributed by atoms with van der Waals surface area (Å²) < 4.78 is 17.0. The number of alkyl halides is 1. The largest absolute Gasteiger partial charge is 0.461 e. The molecule has 0 aliphatic carbocycles. The third-order valence-electron chi connectivity index (χ3n) is 8.36. The summed E-state index contributed by atoms with van der Waals surface area (Å²) in [5.41, 5.74) is 6.40. The standard InChI is InChI=1S/C44H33BrO7/c45-39(29-50-42(47)36-22-16-33(17-23-36)30-10-4-1-5-11-30)41(52-44(49)38-26-20-35(21-27-38)32-14-8-3-9-15-32)40(28-46)51-43(48)37-24-18-34(19-25-37)31-12-6-2-7-13-31/h1-28,39-41H,29H2/t39-,40+,41+/m1/s1. The topological polar surface area (TPSA) is 96.0 Å². The molecule has 6 aromatic rings. The number of hydrogen-bond donors (Lipinski definition) is 0. The number of rotatable bonds is 13. The second-order valence-corrected chi connectivity index (χ2v) is 13.0. The molecule has 0 N–H and O–H groups in total. The molecular formula is C44H33BrO7. The van der Waals surface area contributed by atoms with E-state index in [0.29, 0.717) is 11.8 Å². The lowest BCUT2D eigenvalue weighted by molar-refractivity contribution is -0.122.